The maximum absolute atomic E-state index is 13.5. The van der Waals surface area contributed by atoms with E-state index in [4.69, 9.17) is 14.2 Å². The Labute approximate surface area is 204 Å². The number of benzene rings is 1. The SMILES string of the molecule is COc1ccc(C(=O)N2CCOCC(Cc3nccn4cccc34)C2)cc1OCc1ccccn1. The first-order valence-corrected chi connectivity index (χ1v) is 11.7. The van der Waals surface area contributed by atoms with Gasteiger partial charge in [-0.1, -0.05) is 6.07 Å². The lowest BCUT2D eigenvalue weighted by Gasteiger charge is -2.24. The third-order valence-corrected chi connectivity index (χ3v) is 6.15. The Morgan fingerprint density at radius 2 is 2.03 bits per heavy atom. The molecule has 1 amide bonds. The zero-order chi connectivity index (χ0) is 24.0. The van der Waals surface area contributed by atoms with Gasteiger partial charge in [0.2, 0.25) is 0 Å². The third-order valence-electron chi connectivity index (χ3n) is 6.15. The summed E-state index contributed by atoms with van der Waals surface area (Å²) in [5, 5.41) is 0. The smallest absolute Gasteiger partial charge is 0.254 e. The second kappa shape index (κ2) is 10.6. The second-order valence-corrected chi connectivity index (χ2v) is 8.55. The van der Waals surface area contributed by atoms with Crippen LogP contribution in [0, 0.1) is 5.92 Å². The molecule has 3 aromatic heterocycles. The van der Waals surface area contributed by atoms with Crippen molar-refractivity contribution in [2.24, 2.45) is 5.92 Å². The molecule has 5 rings (SSSR count). The summed E-state index contributed by atoms with van der Waals surface area (Å²) in [6.07, 6.45) is 8.22. The topological polar surface area (TPSA) is 78.2 Å². The Morgan fingerprint density at radius 3 is 2.89 bits per heavy atom. The first kappa shape index (κ1) is 22.9. The monoisotopic (exact) mass is 472 g/mol. The highest BCUT2D eigenvalue weighted by Gasteiger charge is 2.25. The number of pyridine rings is 1. The predicted molar refractivity (Wildman–Crippen MR) is 131 cm³/mol. The van der Waals surface area contributed by atoms with Crippen LogP contribution in [0.2, 0.25) is 0 Å². The fraction of sp³-hybridized carbons (Fsp3) is 0.296. The molecular formula is C27H28N4O4. The van der Waals surface area contributed by atoms with E-state index >= 15 is 0 Å². The van der Waals surface area contributed by atoms with E-state index in [1.165, 1.54) is 0 Å². The van der Waals surface area contributed by atoms with E-state index in [0.29, 0.717) is 43.4 Å². The molecule has 1 aliphatic heterocycles. The summed E-state index contributed by atoms with van der Waals surface area (Å²) in [6, 6.07) is 15.0. The van der Waals surface area contributed by atoms with Crippen LogP contribution in [0.1, 0.15) is 21.7 Å². The fourth-order valence-electron chi connectivity index (χ4n) is 4.39. The van der Waals surface area contributed by atoms with Crippen molar-refractivity contribution in [1.29, 1.82) is 0 Å². The van der Waals surface area contributed by atoms with Gasteiger partial charge in [-0.05, 0) is 48.9 Å². The summed E-state index contributed by atoms with van der Waals surface area (Å²) in [6.45, 7) is 2.51. The van der Waals surface area contributed by atoms with Gasteiger partial charge in [-0.2, -0.15) is 0 Å². The van der Waals surface area contributed by atoms with Crippen molar-refractivity contribution in [1.82, 2.24) is 19.3 Å². The highest BCUT2D eigenvalue weighted by Crippen LogP contribution is 2.29. The first-order valence-electron chi connectivity index (χ1n) is 11.7. The Bertz CT molecular complexity index is 1290. The number of ether oxygens (including phenoxy) is 3. The van der Waals surface area contributed by atoms with Gasteiger partial charge in [0.15, 0.2) is 11.5 Å². The Balaban J connectivity index is 1.31. The van der Waals surface area contributed by atoms with Gasteiger partial charge in [0, 0.05) is 49.4 Å². The lowest BCUT2D eigenvalue weighted by molar-refractivity contribution is 0.0736. The van der Waals surface area contributed by atoms with Crippen molar-refractivity contribution in [2.75, 3.05) is 33.4 Å². The van der Waals surface area contributed by atoms with E-state index in [0.717, 1.165) is 23.3 Å². The van der Waals surface area contributed by atoms with Gasteiger partial charge in [-0.25, -0.2) is 0 Å². The molecule has 0 aliphatic carbocycles. The van der Waals surface area contributed by atoms with Gasteiger partial charge in [0.05, 0.1) is 37.2 Å². The van der Waals surface area contributed by atoms with Crippen molar-refractivity contribution in [2.45, 2.75) is 13.0 Å². The van der Waals surface area contributed by atoms with Crippen molar-refractivity contribution in [3.63, 3.8) is 0 Å². The standard InChI is InChI=1S/C27H28N4O4/c1-33-25-8-7-21(16-26(25)35-19-22-5-2-3-9-28-22)27(32)31-13-14-34-18-20(17-31)15-23-24-6-4-11-30(24)12-10-29-23/h2-12,16,20H,13-15,17-19H2,1H3. The highest BCUT2D eigenvalue weighted by molar-refractivity contribution is 5.95. The number of fused-ring (bicyclic) bond motifs is 1. The molecule has 1 fully saturated rings. The number of carbonyl (C=O) groups excluding carboxylic acids is 1. The normalized spacial score (nSPS) is 16.1. The molecule has 1 atom stereocenters. The highest BCUT2D eigenvalue weighted by atomic mass is 16.5. The van der Waals surface area contributed by atoms with E-state index < -0.39 is 0 Å². The Morgan fingerprint density at radius 1 is 1.09 bits per heavy atom. The summed E-state index contributed by atoms with van der Waals surface area (Å²) in [5.74, 6) is 1.17. The van der Waals surface area contributed by atoms with Crippen LogP contribution in [0.4, 0.5) is 0 Å². The van der Waals surface area contributed by atoms with Crippen LogP contribution >= 0.6 is 0 Å². The van der Waals surface area contributed by atoms with Crippen LogP contribution in [0.5, 0.6) is 11.5 Å². The van der Waals surface area contributed by atoms with Crippen LogP contribution in [-0.4, -0.2) is 58.6 Å². The minimum atomic E-state index is -0.0558. The average Bonchev–Trinajstić information content (AvgIpc) is 3.27. The van der Waals surface area contributed by atoms with Crippen LogP contribution in [-0.2, 0) is 17.8 Å². The van der Waals surface area contributed by atoms with Gasteiger partial charge in [-0.3, -0.25) is 14.8 Å². The molecule has 0 radical (unpaired) electrons. The number of nitrogens with zero attached hydrogens (tertiary/aromatic N) is 4. The fourth-order valence-corrected chi connectivity index (χ4v) is 4.39. The van der Waals surface area contributed by atoms with Crippen LogP contribution in [0.15, 0.2) is 73.3 Å². The number of aromatic nitrogens is 3. The molecule has 1 aliphatic rings. The van der Waals surface area contributed by atoms with E-state index in [-0.39, 0.29) is 18.4 Å². The number of amides is 1. The molecule has 0 N–H and O–H groups in total. The molecule has 8 heteroatoms. The molecule has 8 nitrogen and oxygen atoms in total. The van der Waals surface area contributed by atoms with Crippen molar-refractivity contribution < 1.29 is 19.0 Å². The summed E-state index contributed by atoms with van der Waals surface area (Å²) < 4.78 is 19.3. The average molecular weight is 473 g/mol. The predicted octanol–water partition coefficient (Wildman–Crippen LogP) is 3.65. The minimum absolute atomic E-state index is 0.0558. The van der Waals surface area contributed by atoms with Gasteiger partial charge in [-0.15, -0.1) is 0 Å². The Kier molecular flexibility index (Phi) is 6.90. The van der Waals surface area contributed by atoms with Crippen molar-refractivity contribution in [3.05, 3.63) is 90.3 Å². The van der Waals surface area contributed by atoms with E-state index in [9.17, 15) is 4.79 Å². The van der Waals surface area contributed by atoms with E-state index in [1.807, 2.05) is 47.8 Å². The molecule has 4 aromatic rings. The van der Waals surface area contributed by atoms with Crippen molar-refractivity contribution >= 4 is 11.4 Å². The second-order valence-electron chi connectivity index (χ2n) is 8.55. The van der Waals surface area contributed by atoms with E-state index in [1.54, 1.807) is 31.5 Å². The number of rotatable bonds is 7. The van der Waals surface area contributed by atoms with Gasteiger partial charge >= 0.3 is 0 Å². The quantitative estimate of drug-likeness (QED) is 0.409. The molecule has 35 heavy (non-hydrogen) atoms. The third kappa shape index (κ3) is 5.27. The summed E-state index contributed by atoms with van der Waals surface area (Å²) >= 11 is 0. The first-order chi connectivity index (χ1) is 17.2. The number of hydrogen-bond donors (Lipinski definition) is 0. The molecule has 1 aromatic carbocycles. The molecule has 4 heterocycles. The van der Waals surface area contributed by atoms with Gasteiger partial charge in [0.1, 0.15) is 6.61 Å². The van der Waals surface area contributed by atoms with Crippen LogP contribution in [0.3, 0.4) is 0 Å². The maximum Gasteiger partial charge on any atom is 0.254 e. The summed E-state index contributed by atoms with van der Waals surface area (Å²) in [7, 11) is 1.58. The van der Waals surface area contributed by atoms with Gasteiger partial charge < -0.3 is 23.5 Å². The molecular weight excluding hydrogens is 444 g/mol. The number of carbonyl (C=O) groups is 1. The van der Waals surface area contributed by atoms with Crippen LogP contribution in [0.25, 0.3) is 5.52 Å². The molecule has 1 unspecified atom stereocenters. The summed E-state index contributed by atoms with van der Waals surface area (Å²) in [5.41, 5.74) is 3.44. The van der Waals surface area contributed by atoms with E-state index in [2.05, 4.69) is 20.4 Å². The summed E-state index contributed by atoms with van der Waals surface area (Å²) in [4.78, 5) is 24.2. The van der Waals surface area contributed by atoms with Crippen LogP contribution < -0.4 is 9.47 Å². The molecule has 1 saturated heterocycles. The zero-order valence-electron chi connectivity index (χ0n) is 19.7. The maximum atomic E-state index is 13.5. The number of hydrogen-bond acceptors (Lipinski definition) is 6. The van der Waals surface area contributed by atoms with Crippen molar-refractivity contribution in [3.8, 4) is 11.5 Å². The van der Waals surface area contributed by atoms with Gasteiger partial charge in [0.25, 0.3) is 5.91 Å². The molecule has 0 saturated carbocycles. The lowest BCUT2D eigenvalue weighted by Crippen LogP contribution is -2.36. The minimum Gasteiger partial charge on any atom is -0.493 e. The molecule has 0 bridgehead atoms. The lowest BCUT2D eigenvalue weighted by atomic mass is 10.0. The molecule has 0 spiro atoms. The molecule has 180 valence electrons. The largest absolute Gasteiger partial charge is 0.493 e. The Hall–Kier alpha value is -3.91. The number of methoxy groups -OCH3 is 1. The zero-order valence-corrected chi connectivity index (χ0v) is 19.7.